The number of nitrogens with zero attached hydrogens (tertiary/aromatic N) is 4. The summed E-state index contributed by atoms with van der Waals surface area (Å²) in [5.74, 6) is 0. The van der Waals surface area contributed by atoms with E-state index in [9.17, 15) is 14.9 Å². The van der Waals surface area contributed by atoms with Gasteiger partial charge in [0, 0.05) is 18.1 Å². The highest BCUT2D eigenvalue weighted by Crippen LogP contribution is 2.29. The summed E-state index contributed by atoms with van der Waals surface area (Å²) in [5, 5.41) is 14.5. The number of hydrogen-bond acceptors (Lipinski definition) is 6. The van der Waals surface area contributed by atoms with Crippen LogP contribution in [-0.4, -0.2) is 32.9 Å². The van der Waals surface area contributed by atoms with E-state index >= 15 is 0 Å². The van der Waals surface area contributed by atoms with E-state index in [0.29, 0.717) is 0 Å². The third-order valence-electron chi connectivity index (χ3n) is 3.46. The molecule has 0 fully saturated rings. The minimum absolute atomic E-state index is 0.117. The molecule has 1 atom stereocenters. The lowest BCUT2D eigenvalue weighted by atomic mass is 10.2. The SMILES string of the molecule is Cc1nc(C)c([C@H](C)N(C)C(=O)Nc2ccncc2[N+](=O)[O-])s1. The Balaban J connectivity index is 2.17. The summed E-state index contributed by atoms with van der Waals surface area (Å²) in [4.78, 5) is 33.3. The molecule has 23 heavy (non-hydrogen) atoms. The van der Waals surface area contributed by atoms with Gasteiger partial charge in [-0.25, -0.2) is 9.78 Å². The molecule has 0 unspecified atom stereocenters. The van der Waals surface area contributed by atoms with Crippen molar-refractivity contribution in [3.05, 3.63) is 44.2 Å². The molecular weight excluding hydrogens is 318 g/mol. The van der Waals surface area contributed by atoms with Crippen LogP contribution < -0.4 is 5.32 Å². The van der Waals surface area contributed by atoms with Gasteiger partial charge in [-0.05, 0) is 26.8 Å². The Morgan fingerprint density at radius 3 is 2.74 bits per heavy atom. The van der Waals surface area contributed by atoms with Crippen LogP contribution in [0.4, 0.5) is 16.2 Å². The summed E-state index contributed by atoms with van der Waals surface area (Å²) >= 11 is 1.53. The van der Waals surface area contributed by atoms with E-state index in [-0.39, 0.29) is 17.4 Å². The smallest absolute Gasteiger partial charge is 0.320 e. The van der Waals surface area contributed by atoms with Crippen molar-refractivity contribution in [3.8, 4) is 0 Å². The molecule has 0 aliphatic carbocycles. The Hall–Kier alpha value is -2.55. The van der Waals surface area contributed by atoms with Gasteiger partial charge in [0.15, 0.2) is 0 Å². The summed E-state index contributed by atoms with van der Waals surface area (Å²) < 4.78 is 0. The van der Waals surface area contributed by atoms with Crippen LogP contribution in [0.1, 0.15) is 28.5 Å². The highest BCUT2D eigenvalue weighted by Gasteiger charge is 2.23. The average molecular weight is 335 g/mol. The number of rotatable bonds is 4. The third-order valence-corrected chi connectivity index (χ3v) is 4.70. The molecule has 0 radical (unpaired) electrons. The fourth-order valence-electron chi connectivity index (χ4n) is 2.13. The molecule has 2 rings (SSSR count). The molecule has 122 valence electrons. The minimum Gasteiger partial charge on any atom is -0.320 e. The van der Waals surface area contributed by atoms with Crippen LogP contribution in [0.3, 0.4) is 0 Å². The van der Waals surface area contributed by atoms with Gasteiger partial charge in [0.25, 0.3) is 0 Å². The van der Waals surface area contributed by atoms with Crippen LogP contribution in [0.2, 0.25) is 0 Å². The average Bonchev–Trinajstić information content (AvgIpc) is 2.84. The van der Waals surface area contributed by atoms with Gasteiger partial charge in [-0.3, -0.25) is 15.1 Å². The fraction of sp³-hybridized carbons (Fsp3) is 0.357. The van der Waals surface area contributed by atoms with E-state index in [1.54, 1.807) is 7.05 Å². The van der Waals surface area contributed by atoms with Gasteiger partial charge in [-0.2, -0.15) is 0 Å². The zero-order chi connectivity index (χ0) is 17.1. The number of carbonyl (C=O) groups excluding carboxylic acids is 1. The molecular formula is C14H17N5O3S. The number of thiazole rings is 1. The van der Waals surface area contributed by atoms with Crippen LogP contribution in [0, 0.1) is 24.0 Å². The second kappa shape index (κ2) is 6.69. The van der Waals surface area contributed by atoms with E-state index in [2.05, 4.69) is 15.3 Å². The number of urea groups is 1. The van der Waals surface area contributed by atoms with Gasteiger partial charge >= 0.3 is 11.7 Å². The minimum atomic E-state index is -0.581. The van der Waals surface area contributed by atoms with E-state index in [0.717, 1.165) is 21.8 Å². The molecule has 2 heterocycles. The molecule has 0 aliphatic rings. The summed E-state index contributed by atoms with van der Waals surface area (Å²) in [6, 6.07) is 0.774. The first kappa shape index (κ1) is 16.8. The predicted octanol–water partition coefficient (Wildman–Crippen LogP) is 3.29. The van der Waals surface area contributed by atoms with E-state index in [4.69, 9.17) is 0 Å². The Kier molecular flexibility index (Phi) is 4.89. The second-order valence-electron chi connectivity index (χ2n) is 5.05. The highest BCUT2D eigenvalue weighted by molar-refractivity contribution is 7.11. The fourth-order valence-corrected chi connectivity index (χ4v) is 3.15. The molecule has 0 saturated heterocycles. The molecule has 9 heteroatoms. The molecule has 2 aromatic heterocycles. The molecule has 0 saturated carbocycles. The molecule has 0 spiro atoms. The van der Waals surface area contributed by atoms with Crippen molar-refractivity contribution in [2.75, 3.05) is 12.4 Å². The number of nitrogens with one attached hydrogen (secondary N) is 1. The highest BCUT2D eigenvalue weighted by atomic mass is 32.1. The van der Waals surface area contributed by atoms with Gasteiger partial charge in [0.2, 0.25) is 0 Å². The number of anilines is 1. The van der Waals surface area contributed by atoms with Crippen molar-refractivity contribution < 1.29 is 9.72 Å². The number of aryl methyl sites for hydroxylation is 2. The maximum Gasteiger partial charge on any atom is 0.322 e. The molecule has 0 aromatic carbocycles. The van der Waals surface area contributed by atoms with Crippen molar-refractivity contribution in [3.63, 3.8) is 0 Å². The number of carbonyl (C=O) groups is 1. The first-order valence-electron chi connectivity index (χ1n) is 6.87. The standard InChI is InChI=1S/C14H17N5O3S/c1-8-13(23-10(3)16-8)9(2)18(4)14(20)17-11-5-6-15-7-12(11)19(21)22/h5-7,9H,1-4H3,(H,15,17,20)/t9-/m0/s1. The molecule has 0 bridgehead atoms. The lowest BCUT2D eigenvalue weighted by Crippen LogP contribution is -2.33. The first-order chi connectivity index (χ1) is 10.8. The van der Waals surface area contributed by atoms with Crippen LogP contribution >= 0.6 is 11.3 Å². The van der Waals surface area contributed by atoms with Gasteiger partial charge in [0.05, 0.1) is 21.7 Å². The Labute approximate surface area is 137 Å². The predicted molar refractivity (Wildman–Crippen MR) is 87.7 cm³/mol. The zero-order valence-electron chi connectivity index (χ0n) is 13.2. The lowest BCUT2D eigenvalue weighted by molar-refractivity contribution is -0.384. The van der Waals surface area contributed by atoms with Gasteiger partial charge in [-0.1, -0.05) is 0 Å². The third kappa shape index (κ3) is 3.62. The number of hydrogen-bond donors (Lipinski definition) is 1. The summed E-state index contributed by atoms with van der Waals surface area (Å²) in [7, 11) is 1.64. The Morgan fingerprint density at radius 1 is 1.48 bits per heavy atom. The van der Waals surface area contributed by atoms with Crippen molar-refractivity contribution in [2.24, 2.45) is 0 Å². The summed E-state index contributed by atoms with van der Waals surface area (Å²) in [6.07, 6.45) is 2.50. The normalized spacial score (nSPS) is 11.8. The number of aromatic nitrogens is 2. The second-order valence-corrected chi connectivity index (χ2v) is 6.28. The van der Waals surface area contributed by atoms with Crippen LogP contribution in [0.5, 0.6) is 0 Å². The monoisotopic (exact) mass is 335 g/mol. The molecule has 1 N–H and O–H groups in total. The van der Waals surface area contributed by atoms with Crippen LogP contribution in [-0.2, 0) is 0 Å². The van der Waals surface area contributed by atoms with Gasteiger partial charge in [0.1, 0.15) is 11.9 Å². The Bertz CT molecular complexity index is 746. The van der Waals surface area contributed by atoms with Crippen LogP contribution in [0.15, 0.2) is 18.5 Å². The van der Waals surface area contributed by atoms with Crippen molar-refractivity contribution in [1.82, 2.24) is 14.9 Å². The summed E-state index contributed by atoms with van der Waals surface area (Å²) in [6.45, 7) is 5.70. The number of amides is 2. The molecule has 8 nitrogen and oxygen atoms in total. The van der Waals surface area contributed by atoms with Crippen molar-refractivity contribution in [2.45, 2.75) is 26.8 Å². The van der Waals surface area contributed by atoms with E-state index in [1.165, 1.54) is 28.5 Å². The van der Waals surface area contributed by atoms with Gasteiger partial charge in [-0.15, -0.1) is 11.3 Å². The zero-order valence-corrected chi connectivity index (χ0v) is 14.0. The number of pyridine rings is 1. The van der Waals surface area contributed by atoms with Crippen molar-refractivity contribution >= 4 is 28.7 Å². The first-order valence-corrected chi connectivity index (χ1v) is 7.69. The van der Waals surface area contributed by atoms with E-state index < -0.39 is 11.0 Å². The summed E-state index contributed by atoms with van der Waals surface area (Å²) in [5.41, 5.74) is 0.757. The quantitative estimate of drug-likeness (QED) is 0.682. The Morgan fingerprint density at radius 2 is 2.17 bits per heavy atom. The number of nitro groups is 1. The maximum atomic E-state index is 12.4. The topological polar surface area (TPSA) is 101 Å². The lowest BCUT2D eigenvalue weighted by Gasteiger charge is -2.24. The van der Waals surface area contributed by atoms with Gasteiger partial charge < -0.3 is 10.2 Å². The molecule has 2 amide bonds. The molecule has 0 aliphatic heterocycles. The van der Waals surface area contributed by atoms with Crippen LogP contribution in [0.25, 0.3) is 0 Å². The molecule has 2 aromatic rings. The maximum absolute atomic E-state index is 12.4. The van der Waals surface area contributed by atoms with Crippen molar-refractivity contribution in [1.29, 1.82) is 0 Å². The largest absolute Gasteiger partial charge is 0.322 e. The van der Waals surface area contributed by atoms with E-state index in [1.807, 2.05) is 20.8 Å².